The van der Waals surface area contributed by atoms with Crippen molar-refractivity contribution in [2.24, 2.45) is 0 Å². The maximum Gasteiger partial charge on any atom is 0.143 e. The first-order chi connectivity index (χ1) is 31.3. The second-order valence-corrected chi connectivity index (χ2v) is 16.0. The Morgan fingerprint density at radius 2 is 0.746 bits per heavy atom. The Bertz CT molecular complexity index is 3560. The van der Waals surface area contributed by atoms with Gasteiger partial charge in [0, 0.05) is 49.4 Å². The van der Waals surface area contributed by atoms with Crippen LogP contribution in [0.1, 0.15) is 0 Å². The van der Waals surface area contributed by atoms with Crippen molar-refractivity contribution < 1.29 is 4.42 Å². The number of hydrogen-bond donors (Lipinski definition) is 0. The van der Waals surface area contributed by atoms with Crippen LogP contribution in [-0.2, 0) is 0 Å². The molecule has 2 heterocycles. The van der Waals surface area contributed by atoms with E-state index < -0.39 is 0 Å². The topological polar surface area (TPSA) is 21.3 Å². The molecule has 3 heteroatoms. The first-order valence-corrected chi connectivity index (χ1v) is 21.5. The highest BCUT2D eigenvalue weighted by atomic mass is 16.3. The van der Waals surface area contributed by atoms with Crippen LogP contribution in [-0.4, -0.2) is 4.57 Å². The van der Waals surface area contributed by atoms with Gasteiger partial charge in [0.25, 0.3) is 0 Å². The van der Waals surface area contributed by atoms with Gasteiger partial charge in [0.15, 0.2) is 0 Å². The Hall–Kier alpha value is -8.40. The van der Waals surface area contributed by atoms with Crippen molar-refractivity contribution >= 4 is 60.8 Å². The Balaban J connectivity index is 1.20. The van der Waals surface area contributed by atoms with Crippen LogP contribution >= 0.6 is 0 Å². The van der Waals surface area contributed by atoms with Gasteiger partial charge in [0.05, 0.1) is 33.8 Å². The first kappa shape index (κ1) is 36.5. The average Bonchev–Trinajstić information content (AvgIpc) is 3.91. The van der Waals surface area contributed by atoms with E-state index in [9.17, 15) is 0 Å². The van der Waals surface area contributed by atoms with Gasteiger partial charge in [-0.15, -0.1) is 0 Å². The molecule has 0 saturated heterocycles. The third-order valence-electron chi connectivity index (χ3n) is 12.4. The molecule has 0 unspecified atom stereocenters. The van der Waals surface area contributed by atoms with Crippen molar-refractivity contribution in [1.82, 2.24) is 4.57 Å². The summed E-state index contributed by atoms with van der Waals surface area (Å²) in [6.45, 7) is 0. The number of nitrogens with zero attached hydrogens (tertiary/aromatic N) is 2. The summed E-state index contributed by atoms with van der Waals surface area (Å²) >= 11 is 0. The zero-order valence-corrected chi connectivity index (χ0v) is 34.4. The highest BCUT2D eigenvalue weighted by Crippen LogP contribution is 2.51. The molecule has 0 N–H and O–H groups in total. The SMILES string of the molecule is c1ccc(-c2ccccc2N(c2ccccc2-c2cccc3c2oc2ccccc23)c2cccc3c2c2ccccc2n3-c2c(-c3ccccc3)cccc2-c2ccccc2)cc1. The van der Waals surface area contributed by atoms with E-state index in [0.717, 1.165) is 83.4 Å². The number of benzene rings is 10. The lowest BCUT2D eigenvalue weighted by molar-refractivity contribution is 0.670. The van der Waals surface area contributed by atoms with Crippen LogP contribution < -0.4 is 4.90 Å². The number of furan rings is 1. The summed E-state index contributed by atoms with van der Waals surface area (Å²) in [5, 5.41) is 4.55. The normalized spacial score (nSPS) is 11.5. The summed E-state index contributed by atoms with van der Waals surface area (Å²) in [5.41, 5.74) is 17.4. The Morgan fingerprint density at radius 1 is 0.302 bits per heavy atom. The standard InChI is InChI=1S/C60H40N2O/c1-4-21-41(22-5-1)44-27-10-14-35-52(44)61(53-36-15-11-28-47(53)49-33-19-34-50-48-29-13-17-40-57(48)63-60(49)50)55-38-20-39-56-58(55)51-30-12-16-37-54(51)62(56)59-45(42-23-6-2-7-24-42)31-18-32-46(59)43-25-8-3-9-26-43/h1-40H. The zero-order chi connectivity index (χ0) is 41.7. The van der Waals surface area contributed by atoms with E-state index in [1.807, 2.05) is 6.07 Å². The van der Waals surface area contributed by atoms with Crippen molar-refractivity contribution in [3.8, 4) is 50.2 Å². The fourth-order valence-corrected chi connectivity index (χ4v) is 9.69. The maximum absolute atomic E-state index is 6.73. The van der Waals surface area contributed by atoms with Gasteiger partial charge in [-0.25, -0.2) is 0 Å². The minimum absolute atomic E-state index is 0.878. The zero-order valence-electron chi connectivity index (χ0n) is 34.4. The summed E-state index contributed by atoms with van der Waals surface area (Å²) < 4.78 is 9.23. The van der Waals surface area contributed by atoms with E-state index in [2.05, 4.69) is 246 Å². The van der Waals surface area contributed by atoms with E-state index in [0.29, 0.717) is 0 Å². The molecule has 0 aliphatic heterocycles. The fourth-order valence-electron chi connectivity index (χ4n) is 9.69. The molecule has 10 aromatic carbocycles. The predicted octanol–water partition coefficient (Wildman–Crippen LogP) is 16.8. The highest BCUT2D eigenvalue weighted by molar-refractivity contribution is 6.19. The van der Waals surface area contributed by atoms with Gasteiger partial charge in [0.1, 0.15) is 11.2 Å². The number of aromatic nitrogens is 1. The molecule has 63 heavy (non-hydrogen) atoms. The van der Waals surface area contributed by atoms with E-state index >= 15 is 0 Å². The minimum Gasteiger partial charge on any atom is -0.455 e. The Kier molecular flexibility index (Phi) is 8.83. The van der Waals surface area contributed by atoms with Crippen LogP contribution in [0.3, 0.4) is 0 Å². The highest BCUT2D eigenvalue weighted by Gasteiger charge is 2.27. The van der Waals surface area contributed by atoms with E-state index in [-0.39, 0.29) is 0 Å². The van der Waals surface area contributed by atoms with Crippen molar-refractivity contribution in [1.29, 1.82) is 0 Å². The third kappa shape index (κ3) is 6.05. The van der Waals surface area contributed by atoms with Gasteiger partial charge in [-0.05, 0) is 53.1 Å². The molecule has 12 aromatic rings. The molecule has 0 spiro atoms. The summed E-state index contributed by atoms with van der Waals surface area (Å²) in [5.74, 6) is 0. The molecule has 0 bridgehead atoms. The summed E-state index contributed by atoms with van der Waals surface area (Å²) in [6.07, 6.45) is 0. The number of rotatable bonds is 8. The molecule has 0 atom stereocenters. The Labute approximate surface area is 366 Å². The summed E-state index contributed by atoms with van der Waals surface area (Å²) in [6, 6.07) is 87.1. The lowest BCUT2D eigenvalue weighted by Crippen LogP contribution is -2.13. The third-order valence-corrected chi connectivity index (χ3v) is 12.4. The van der Waals surface area contributed by atoms with Gasteiger partial charge < -0.3 is 13.9 Å². The number of para-hydroxylation sites is 6. The second-order valence-electron chi connectivity index (χ2n) is 16.0. The van der Waals surface area contributed by atoms with Gasteiger partial charge in [-0.3, -0.25) is 0 Å². The first-order valence-electron chi connectivity index (χ1n) is 21.5. The van der Waals surface area contributed by atoms with Crippen LogP contribution in [0.25, 0.3) is 93.9 Å². The fraction of sp³-hybridized carbons (Fsp3) is 0. The summed E-state index contributed by atoms with van der Waals surface area (Å²) in [4.78, 5) is 2.49. The lowest BCUT2D eigenvalue weighted by atomic mass is 9.95. The van der Waals surface area contributed by atoms with Crippen molar-refractivity contribution in [2.45, 2.75) is 0 Å². The molecule has 12 rings (SSSR count). The molecule has 0 aliphatic rings. The summed E-state index contributed by atoms with van der Waals surface area (Å²) in [7, 11) is 0. The molecule has 296 valence electrons. The van der Waals surface area contributed by atoms with Gasteiger partial charge in [-0.2, -0.15) is 0 Å². The number of hydrogen-bond acceptors (Lipinski definition) is 2. The number of fused-ring (bicyclic) bond motifs is 6. The van der Waals surface area contributed by atoms with Crippen LogP contribution in [0, 0.1) is 0 Å². The van der Waals surface area contributed by atoms with Crippen LogP contribution in [0.5, 0.6) is 0 Å². The van der Waals surface area contributed by atoms with Crippen LogP contribution in [0.2, 0.25) is 0 Å². The largest absolute Gasteiger partial charge is 0.455 e. The molecule has 2 aromatic heterocycles. The average molecular weight is 805 g/mol. The molecule has 0 amide bonds. The molecule has 0 radical (unpaired) electrons. The minimum atomic E-state index is 0.878. The van der Waals surface area contributed by atoms with Gasteiger partial charge in [0.2, 0.25) is 0 Å². The number of anilines is 3. The molecule has 3 nitrogen and oxygen atoms in total. The molecular formula is C60H40N2O. The smallest absolute Gasteiger partial charge is 0.143 e. The van der Waals surface area contributed by atoms with E-state index in [1.165, 1.54) is 27.6 Å². The van der Waals surface area contributed by atoms with Crippen molar-refractivity contribution in [2.75, 3.05) is 4.90 Å². The second kappa shape index (κ2) is 15.3. The molecule has 0 saturated carbocycles. The van der Waals surface area contributed by atoms with Crippen LogP contribution in [0.15, 0.2) is 247 Å². The van der Waals surface area contributed by atoms with E-state index in [4.69, 9.17) is 4.42 Å². The maximum atomic E-state index is 6.73. The van der Waals surface area contributed by atoms with E-state index in [1.54, 1.807) is 0 Å². The molecule has 0 aliphatic carbocycles. The van der Waals surface area contributed by atoms with Crippen molar-refractivity contribution in [3.05, 3.63) is 243 Å². The Morgan fingerprint density at radius 3 is 1.44 bits per heavy atom. The monoisotopic (exact) mass is 804 g/mol. The van der Waals surface area contributed by atoms with Crippen molar-refractivity contribution in [3.63, 3.8) is 0 Å². The quantitative estimate of drug-likeness (QED) is 0.153. The van der Waals surface area contributed by atoms with Gasteiger partial charge >= 0.3 is 0 Å². The molecular weight excluding hydrogens is 765 g/mol. The molecule has 0 fully saturated rings. The predicted molar refractivity (Wildman–Crippen MR) is 264 cm³/mol. The lowest BCUT2D eigenvalue weighted by Gasteiger charge is -2.30. The van der Waals surface area contributed by atoms with Gasteiger partial charge in [-0.1, -0.05) is 206 Å². The van der Waals surface area contributed by atoms with Crippen LogP contribution in [0.4, 0.5) is 17.1 Å².